The molecule has 2 rings (SSSR count). The van der Waals surface area contributed by atoms with Crippen LogP contribution in [0.15, 0.2) is 12.2 Å². The van der Waals surface area contributed by atoms with E-state index in [-0.39, 0.29) is 0 Å². The third kappa shape index (κ3) is 3.36. The second-order valence-electron chi connectivity index (χ2n) is 5.60. The van der Waals surface area contributed by atoms with Gasteiger partial charge in [-0.1, -0.05) is 46.3 Å². The highest BCUT2D eigenvalue weighted by Gasteiger charge is 2.44. The fourth-order valence-corrected chi connectivity index (χ4v) is 3.60. The Morgan fingerprint density at radius 2 is 1.89 bits per heavy atom. The van der Waals surface area contributed by atoms with E-state index >= 15 is 0 Å². The second kappa shape index (κ2) is 7.30. The van der Waals surface area contributed by atoms with Crippen LogP contribution in [0.1, 0.15) is 53.4 Å². The minimum atomic E-state index is 0.444. The fourth-order valence-electron chi connectivity index (χ4n) is 3.60. The molecule has 2 aliphatic heterocycles. The first kappa shape index (κ1) is 15.7. The van der Waals surface area contributed by atoms with E-state index in [4.69, 9.17) is 0 Å². The summed E-state index contributed by atoms with van der Waals surface area (Å²) >= 11 is 0. The molecule has 18 heavy (non-hydrogen) atoms. The molecule has 0 aromatic heterocycles. The van der Waals surface area contributed by atoms with E-state index in [2.05, 4.69) is 30.2 Å². The highest BCUT2D eigenvalue weighted by Crippen LogP contribution is 2.38. The molecule has 0 aliphatic carbocycles. The molecule has 2 aliphatic rings. The van der Waals surface area contributed by atoms with Crippen LogP contribution in [0.5, 0.6) is 0 Å². The predicted octanol–water partition coefficient (Wildman–Crippen LogP) is 3.54. The Hall–Kier alpha value is -0.340. The van der Waals surface area contributed by atoms with Crippen molar-refractivity contribution in [2.45, 2.75) is 58.9 Å². The lowest BCUT2D eigenvalue weighted by Crippen LogP contribution is -2.59. The van der Waals surface area contributed by atoms with E-state index in [0.29, 0.717) is 5.54 Å². The van der Waals surface area contributed by atoms with Gasteiger partial charge in [0.25, 0.3) is 0 Å². The molecule has 0 aromatic carbocycles. The summed E-state index contributed by atoms with van der Waals surface area (Å²) < 4.78 is 0. The van der Waals surface area contributed by atoms with Gasteiger partial charge in [0.15, 0.2) is 0 Å². The Balaban J connectivity index is 0.000000771. The van der Waals surface area contributed by atoms with E-state index in [9.17, 15) is 0 Å². The summed E-state index contributed by atoms with van der Waals surface area (Å²) in [7, 11) is 0. The molecule has 2 heterocycles. The van der Waals surface area contributed by atoms with Gasteiger partial charge < -0.3 is 4.90 Å². The summed E-state index contributed by atoms with van der Waals surface area (Å²) in [4.78, 5) is 5.36. The highest BCUT2D eigenvalue weighted by atomic mass is 15.3. The first-order valence-electron chi connectivity index (χ1n) is 7.84. The van der Waals surface area contributed by atoms with Gasteiger partial charge in [-0.05, 0) is 25.8 Å². The van der Waals surface area contributed by atoms with Crippen LogP contribution in [0.4, 0.5) is 0 Å². The molecular formula is C16H32N2. The van der Waals surface area contributed by atoms with Crippen molar-refractivity contribution in [1.82, 2.24) is 9.80 Å². The summed E-state index contributed by atoms with van der Waals surface area (Å²) in [5, 5.41) is 0. The molecule has 0 saturated carbocycles. The number of fused-ring (bicyclic) bond motifs is 1. The van der Waals surface area contributed by atoms with Crippen LogP contribution in [0.3, 0.4) is 0 Å². The molecule has 2 fully saturated rings. The molecular weight excluding hydrogens is 220 g/mol. The number of hydrogen-bond acceptors (Lipinski definition) is 2. The van der Waals surface area contributed by atoms with Gasteiger partial charge in [0.1, 0.15) is 0 Å². The maximum Gasteiger partial charge on any atom is 0.0377 e. The number of piperazine rings is 1. The van der Waals surface area contributed by atoms with Crippen LogP contribution in [0.2, 0.25) is 0 Å². The molecule has 0 bridgehead atoms. The zero-order chi connectivity index (χ0) is 13.6. The summed E-state index contributed by atoms with van der Waals surface area (Å²) in [5.41, 5.74) is 1.89. The average molecular weight is 252 g/mol. The summed E-state index contributed by atoms with van der Waals surface area (Å²) in [6.07, 6.45) is 5.15. The Morgan fingerprint density at radius 3 is 2.50 bits per heavy atom. The van der Waals surface area contributed by atoms with Gasteiger partial charge in [-0.2, -0.15) is 0 Å². The Morgan fingerprint density at radius 1 is 1.17 bits per heavy atom. The largest absolute Gasteiger partial charge is 0.300 e. The van der Waals surface area contributed by atoms with E-state index in [0.717, 1.165) is 6.54 Å². The molecule has 0 N–H and O–H groups in total. The molecule has 1 unspecified atom stereocenters. The summed E-state index contributed by atoms with van der Waals surface area (Å²) in [6.45, 7) is 19.0. The van der Waals surface area contributed by atoms with Gasteiger partial charge in [-0.25, -0.2) is 0 Å². The van der Waals surface area contributed by atoms with Gasteiger partial charge in [0, 0.05) is 31.7 Å². The SMILES string of the molecule is C=C1CN2CCN(CCC)CC2(CCC)C1.CC. The molecule has 0 spiro atoms. The molecule has 106 valence electrons. The third-order valence-electron chi connectivity index (χ3n) is 4.12. The predicted molar refractivity (Wildman–Crippen MR) is 81.0 cm³/mol. The third-order valence-corrected chi connectivity index (χ3v) is 4.12. The normalized spacial score (nSPS) is 28.8. The van der Waals surface area contributed by atoms with E-state index in [1.54, 1.807) is 0 Å². The minimum Gasteiger partial charge on any atom is -0.300 e. The lowest BCUT2D eigenvalue weighted by atomic mass is 9.87. The van der Waals surface area contributed by atoms with Gasteiger partial charge in [0.05, 0.1) is 0 Å². The quantitative estimate of drug-likeness (QED) is 0.706. The van der Waals surface area contributed by atoms with E-state index in [1.165, 1.54) is 57.4 Å². The lowest BCUT2D eigenvalue weighted by Gasteiger charge is -2.47. The van der Waals surface area contributed by atoms with Gasteiger partial charge in [0.2, 0.25) is 0 Å². The first-order chi connectivity index (χ1) is 8.70. The molecule has 1 atom stereocenters. The van der Waals surface area contributed by atoms with Crippen molar-refractivity contribution < 1.29 is 0 Å². The maximum atomic E-state index is 4.22. The van der Waals surface area contributed by atoms with Crippen LogP contribution in [-0.2, 0) is 0 Å². The van der Waals surface area contributed by atoms with Crippen molar-refractivity contribution in [1.29, 1.82) is 0 Å². The van der Waals surface area contributed by atoms with Crippen LogP contribution in [0.25, 0.3) is 0 Å². The van der Waals surface area contributed by atoms with Crippen LogP contribution >= 0.6 is 0 Å². The van der Waals surface area contributed by atoms with Gasteiger partial charge in [-0.15, -0.1) is 0 Å². The Labute approximate surface area is 114 Å². The smallest absolute Gasteiger partial charge is 0.0377 e. The topological polar surface area (TPSA) is 6.48 Å². The number of nitrogens with zero attached hydrogens (tertiary/aromatic N) is 2. The van der Waals surface area contributed by atoms with Crippen molar-refractivity contribution >= 4 is 0 Å². The second-order valence-corrected chi connectivity index (χ2v) is 5.60. The van der Waals surface area contributed by atoms with Crippen molar-refractivity contribution in [2.24, 2.45) is 0 Å². The Kier molecular flexibility index (Phi) is 6.37. The van der Waals surface area contributed by atoms with Crippen LogP contribution < -0.4 is 0 Å². The van der Waals surface area contributed by atoms with E-state index < -0.39 is 0 Å². The van der Waals surface area contributed by atoms with Crippen molar-refractivity contribution in [3.63, 3.8) is 0 Å². The number of rotatable bonds is 4. The summed E-state index contributed by atoms with van der Waals surface area (Å²) in [5.74, 6) is 0. The summed E-state index contributed by atoms with van der Waals surface area (Å²) in [6, 6.07) is 0. The lowest BCUT2D eigenvalue weighted by molar-refractivity contribution is 0.0214. The minimum absolute atomic E-state index is 0.444. The highest BCUT2D eigenvalue weighted by molar-refractivity contribution is 5.17. The molecule has 0 aromatic rings. The standard InChI is InChI=1S/C14H26N2.C2H6/c1-4-6-14-10-13(3)11-16(14)9-8-15(12-14)7-5-2;1-2/h3-12H2,1-2H3;1-2H3. The Bertz CT molecular complexity index is 262. The average Bonchev–Trinajstić information content (AvgIpc) is 2.68. The zero-order valence-corrected chi connectivity index (χ0v) is 13.0. The molecule has 0 radical (unpaired) electrons. The van der Waals surface area contributed by atoms with Gasteiger partial charge in [-0.3, -0.25) is 4.90 Å². The monoisotopic (exact) mass is 252 g/mol. The van der Waals surface area contributed by atoms with E-state index in [1.807, 2.05) is 13.8 Å². The van der Waals surface area contributed by atoms with Crippen LogP contribution in [0, 0.1) is 0 Å². The molecule has 2 nitrogen and oxygen atoms in total. The first-order valence-corrected chi connectivity index (χ1v) is 7.84. The molecule has 2 saturated heterocycles. The molecule has 2 heteroatoms. The zero-order valence-electron chi connectivity index (χ0n) is 13.0. The maximum absolute atomic E-state index is 4.22. The van der Waals surface area contributed by atoms with Crippen LogP contribution in [-0.4, -0.2) is 48.1 Å². The molecule has 0 amide bonds. The fraction of sp³-hybridized carbons (Fsp3) is 0.875. The van der Waals surface area contributed by atoms with Crippen molar-refractivity contribution in [2.75, 3.05) is 32.7 Å². The number of hydrogen-bond donors (Lipinski definition) is 0. The van der Waals surface area contributed by atoms with Gasteiger partial charge >= 0.3 is 0 Å². The van der Waals surface area contributed by atoms with Crippen molar-refractivity contribution in [3.8, 4) is 0 Å². The van der Waals surface area contributed by atoms with Crippen molar-refractivity contribution in [3.05, 3.63) is 12.2 Å².